The van der Waals surface area contributed by atoms with E-state index in [1.807, 2.05) is 30.3 Å². The summed E-state index contributed by atoms with van der Waals surface area (Å²) in [6.45, 7) is 0.323. The van der Waals surface area contributed by atoms with Crippen molar-refractivity contribution in [1.82, 2.24) is 9.78 Å². The highest BCUT2D eigenvalue weighted by Gasteiger charge is 2.06. The number of ether oxygens (including phenoxy) is 1. The molecule has 2 heterocycles. The molecule has 0 saturated carbocycles. The van der Waals surface area contributed by atoms with Crippen LogP contribution in [0.15, 0.2) is 63.6 Å². The fraction of sp³-hybridized carbons (Fsp3) is 0.111. The number of carbonyl (C=O) groups excluding carboxylic acids is 1. The third-order valence-corrected chi connectivity index (χ3v) is 3.77. The summed E-state index contributed by atoms with van der Waals surface area (Å²) >= 11 is 3.38. The van der Waals surface area contributed by atoms with Crippen molar-refractivity contribution < 1.29 is 13.9 Å². The number of rotatable bonds is 6. The van der Waals surface area contributed by atoms with Crippen molar-refractivity contribution in [1.29, 1.82) is 0 Å². The second-order valence-electron chi connectivity index (χ2n) is 5.12. The molecule has 3 rings (SSSR count). The van der Waals surface area contributed by atoms with Crippen molar-refractivity contribution in [3.63, 3.8) is 0 Å². The van der Waals surface area contributed by atoms with Crippen molar-refractivity contribution in [2.45, 2.75) is 6.61 Å². The molecule has 122 valence electrons. The Morgan fingerprint density at radius 3 is 2.75 bits per heavy atom. The lowest BCUT2D eigenvalue weighted by Crippen LogP contribution is -1.97. The molecule has 0 aliphatic rings. The number of halogens is 1. The van der Waals surface area contributed by atoms with Crippen molar-refractivity contribution >= 4 is 27.8 Å². The number of aryl methyl sites for hydroxylation is 1. The van der Waals surface area contributed by atoms with Crippen molar-refractivity contribution in [3.05, 3.63) is 76.4 Å². The number of hydrogen-bond donors (Lipinski definition) is 0. The van der Waals surface area contributed by atoms with Crippen LogP contribution < -0.4 is 4.74 Å². The summed E-state index contributed by atoms with van der Waals surface area (Å²) in [5.74, 6) is 1.87. The SMILES string of the molecule is Cn1ccc(C(=O)/C=C\c2ccc(COc3ccc(Br)cc3)o2)n1. The van der Waals surface area contributed by atoms with E-state index < -0.39 is 0 Å². The molecular formula is C18H15BrN2O3. The Hall–Kier alpha value is -2.60. The van der Waals surface area contributed by atoms with Crippen LogP contribution in [0.2, 0.25) is 0 Å². The lowest BCUT2D eigenvalue weighted by Gasteiger charge is -2.03. The van der Waals surface area contributed by atoms with Gasteiger partial charge in [0.2, 0.25) is 5.78 Å². The molecule has 2 aromatic heterocycles. The van der Waals surface area contributed by atoms with Crippen LogP contribution in [-0.2, 0) is 13.7 Å². The molecule has 0 fully saturated rings. The van der Waals surface area contributed by atoms with E-state index in [1.54, 1.807) is 36.1 Å². The first kappa shape index (κ1) is 16.3. The van der Waals surface area contributed by atoms with E-state index in [-0.39, 0.29) is 5.78 Å². The summed E-state index contributed by atoms with van der Waals surface area (Å²) in [6, 6.07) is 12.9. The minimum Gasteiger partial charge on any atom is -0.486 e. The summed E-state index contributed by atoms with van der Waals surface area (Å²) in [5, 5.41) is 4.06. The van der Waals surface area contributed by atoms with E-state index in [0.717, 1.165) is 10.2 Å². The molecule has 1 aromatic carbocycles. The van der Waals surface area contributed by atoms with Crippen LogP contribution in [0.25, 0.3) is 6.08 Å². The van der Waals surface area contributed by atoms with E-state index in [1.165, 1.54) is 6.08 Å². The van der Waals surface area contributed by atoms with Gasteiger partial charge in [-0.3, -0.25) is 9.48 Å². The van der Waals surface area contributed by atoms with Crippen LogP contribution in [0.1, 0.15) is 22.0 Å². The standard InChI is InChI=1S/C18H15BrN2O3/c1-21-11-10-17(20-21)18(22)9-8-15-6-7-16(24-15)12-23-14-4-2-13(19)3-5-14/h2-11H,12H2,1H3/b9-8-. The van der Waals surface area contributed by atoms with Crippen LogP contribution in [0.4, 0.5) is 0 Å². The molecule has 0 saturated heterocycles. The van der Waals surface area contributed by atoms with Gasteiger partial charge in [-0.15, -0.1) is 0 Å². The van der Waals surface area contributed by atoms with Crippen LogP contribution in [0.5, 0.6) is 5.75 Å². The fourth-order valence-electron chi connectivity index (χ4n) is 2.04. The molecule has 5 nitrogen and oxygen atoms in total. The molecule has 0 amide bonds. The monoisotopic (exact) mass is 386 g/mol. The van der Waals surface area contributed by atoms with Gasteiger partial charge in [-0.1, -0.05) is 15.9 Å². The normalized spacial score (nSPS) is 11.1. The van der Waals surface area contributed by atoms with Crippen LogP contribution >= 0.6 is 15.9 Å². The van der Waals surface area contributed by atoms with Gasteiger partial charge in [0, 0.05) is 17.7 Å². The molecular weight excluding hydrogens is 372 g/mol. The predicted octanol–water partition coefficient (Wildman–Crippen LogP) is 4.25. The minimum absolute atomic E-state index is 0.167. The molecule has 0 aliphatic heterocycles. The third kappa shape index (κ3) is 4.23. The molecule has 0 aliphatic carbocycles. The van der Waals surface area contributed by atoms with E-state index in [4.69, 9.17) is 9.15 Å². The van der Waals surface area contributed by atoms with Gasteiger partial charge in [-0.25, -0.2) is 0 Å². The van der Waals surface area contributed by atoms with E-state index in [0.29, 0.717) is 23.8 Å². The first-order valence-corrected chi connectivity index (χ1v) is 8.08. The lowest BCUT2D eigenvalue weighted by atomic mass is 10.2. The maximum Gasteiger partial charge on any atom is 0.206 e. The number of hydrogen-bond acceptors (Lipinski definition) is 4. The average Bonchev–Trinajstić information content (AvgIpc) is 3.21. The Balaban J connectivity index is 1.58. The van der Waals surface area contributed by atoms with Crippen LogP contribution in [0, 0.1) is 0 Å². The molecule has 0 unspecified atom stereocenters. The predicted molar refractivity (Wildman–Crippen MR) is 93.8 cm³/mol. The lowest BCUT2D eigenvalue weighted by molar-refractivity contribution is 0.104. The number of ketones is 1. The van der Waals surface area contributed by atoms with Crippen LogP contribution in [0.3, 0.4) is 0 Å². The zero-order valence-corrected chi connectivity index (χ0v) is 14.6. The number of benzene rings is 1. The number of allylic oxidation sites excluding steroid dienone is 1. The summed E-state index contributed by atoms with van der Waals surface area (Å²) in [4.78, 5) is 11.9. The first-order valence-electron chi connectivity index (χ1n) is 7.29. The molecule has 0 bridgehead atoms. The van der Waals surface area contributed by atoms with Gasteiger partial charge < -0.3 is 9.15 Å². The smallest absolute Gasteiger partial charge is 0.206 e. The highest BCUT2D eigenvalue weighted by Crippen LogP contribution is 2.18. The summed E-state index contributed by atoms with van der Waals surface area (Å²) in [7, 11) is 1.77. The Bertz CT molecular complexity index is 863. The third-order valence-electron chi connectivity index (χ3n) is 3.24. The Morgan fingerprint density at radius 1 is 1.25 bits per heavy atom. The van der Waals surface area contributed by atoms with E-state index >= 15 is 0 Å². The summed E-state index contributed by atoms with van der Waals surface area (Å²) in [6.07, 6.45) is 4.80. The summed E-state index contributed by atoms with van der Waals surface area (Å²) in [5.41, 5.74) is 0.402. The molecule has 0 radical (unpaired) electrons. The maximum absolute atomic E-state index is 11.9. The Labute approximate surface area is 147 Å². The highest BCUT2D eigenvalue weighted by atomic mass is 79.9. The fourth-order valence-corrected chi connectivity index (χ4v) is 2.30. The molecule has 6 heteroatoms. The Kier molecular flexibility index (Phi) is 4.96. The van der Waals surface area contributed by atoms with Crippen molar-refractivity contribution in [3.8, 4) is 5.75 Å². The maximum atomic E-state index is 11.9. The number of carbonyl (C=O) groups is 1. The number of aromatic nitrogens is 2. The molecule has 0 atom stereocenters. The number of furan rings is 1. The highest BCUT2D eigenvalue weighted by molar-refractivity contribution is 9.10. The quantitative estimate of drug-likeness (QED) is 0.469. The zero-order valence-electron chi connectivity index (χ0n) is 13.0. The van der Waals surface area contributed by atoms with Crippen LogP contribution in [-0.4, -0.2) is 15.6 Å². The minimum atomic E-state index is -0.167. The second-order valence-corrected chi connectivity index (χ2v) is 6.03. The second kappa shape index (κ2) is 7.31. The topological polar surface area (TPSA) is 57.3 Å². The molecule has 0 spiro atoms. The van der Waals surface area contributed by atoms with Gasteiger partial charge in [-0.05, 0) is 54.6 Å². The van der Waals surface area contributed by atoms with E-state index in [9.17, 15) is 4.79 Å². The molecule has 3 aromatic rings. The molecule has 0 N–H and O–H groups in total. The largest absolute Gasteiger partial charge is 0.486 e. The Morgan fingerprint density at radius 2 is 2.04 bits per heavy atom. The zero-order chi connectivity index (χ0) is 16.9. The number of nitrogens with zero attached hydrogens (tertiary/aromatic N) is 2. The van der Waals surface area contributed by atoms with Gasteiger partial charge in [-0.2, -0.15) is 5.10 Å². The van der Waals surface area contributed by atoms with Crippen molar-refractivity contribution in [2.24, 2.45) is 7.05 Å². The van der Waals surface area contributed by atoms with Crippen molar-refractivity contribution in [2.75, 3.05) is 0 Å². The first-order chi connectivity index (χ1) is 11.6. The van der Waals surface area contributed by atoms with Gasteiger partial charge in [0.1, 0.15) is 29.6 Å². The van der Waals surface area contributed by atoms with Gasteiger partial charge in [0.15, 0.2) is 0 Å². The van der Waals surface area contributed by atoms with E-state index in [2.05, 4.69) is 21.0 Å². The van der Waals surface area contributed by atoms with Gasteiger partial charge in [0.05, 0.1) is 0 Å². The van der Waals surface area contributed by atoms with Gasteiger partial charge in [0.25, 0.3) is 0 Å². The molecule has 24 heavy (non-hydrogen) atoms. The van der Waals surface area contributed by atoms with Gasteiger partial charge >= 0.3 is 0 Å². The average molecular weight is 387 g/mol. The summed E-state index contributed by atoms with van der Waals surface area (Å²) < 4.78 is 13.8.